The zero-order valence-electron chi connectivity index (χ0n) is 21.0. The molecule has 1 aliphatic heterocycles. The van der Waals surface area contributed by atoms with Crippen molar-refractivity contribution in [3.63, 3.8) is 0 Å². The summed E-state index contributed by atoms with van der Waals surface area (Å²) in [6.45, 7) is 2.15. The summed E-state index contributed by atoms with van der Waals surface area (Å²) in [6.07, 6.45) is 5.69. The molecule has 190 valence electrons. The summed E-state index contributed by atoms with van der Waals surface area (Å²) in [4.78, 5) is 19.0. The van der Waals surface area contributed by atoms with E-state index in [0.29, 0.717) is 29.9 Å². The third-order valence-electron chi connectivity index (χ3n) is 6.82. The first kappa shape index (κ1) is 24.8. The minimum atomic E-state index is -0.506. The number of benzene rings is 2. The lowest BCUT2D eigenvalue weighted by molar-refractivity contribution is 0.0785. The van der Waals surface area contributed by atoms with Gasteiger partial charge in [-0.05, 0) is 54.2 Å². The molecule has 1 amide bonds. The highest BCUT2D eigenvalue weighted by Crippen LogP contribution is 2.27. The van der Waals surface area contributed by atoms with Crippen LogP contribution in [0.3, 0.4) is 0 Å². The molecule has 2 aromatic carbocycles. The Hall–Kier alpha value is -3.88. The van der Waals surface area contributed by atoms with Crippen LogP contribution in [0.4, 0.5) is 0 Å². The maximum atomic E-state index is 13.0. The van der Waals surface area contributed by atoms with Crippen molar-refractivity contribution in [3.05, 3.63) is 101 Å². The van der Waals surface area contributed by atoms with E-state index in [1.807, 2.05) is 60.7 Å². The Morgan fingerprint density at radius 3 is 2.59 bits per heavy atom. The van der Waals surface area contributed by atoms with Crippen molar-refractivity contribution in [1.82, 2.24) is 25.4 Å². The fraction of sp³-hybridized carbons (Fsp3) is 0.310. The lowest BCUT2D eigenvalue weighted by atomic mass is 10.0. The van der Waals surface area contributed by atoms with Crippen molar-refractivity contribution in [2.45, 2.75) is 50.9 Å². The number of nitrogens with zero attached hydrogens (tertiary/aromatic N) is 4. The molecular weight excluding hydrogens is 466 g/mol. The Morgan fingerprint density at radius 1 is 1.08 bits per heavy atom. The predicted molar refractivity (Wildman–Crippen MR) is 140 cm³/mol. The summed E-state index contributed by atoms with van der Waals surface area (Å²) in [5.41, 5.74) is 4.35. The summed E-state index contributed by atoms with van der Waals surface area (Å²) < 4.78 is 5.48. The molecule has 0 radical (unpaired) electrons. The van der Waals surface area contributed by atoms with Crippen molar-refractivity contribution in [2.75, 3.05) is 7.05 Å². The number of carbonyl (C=O) groups is 1. The quantitative estimate of drug-likeness (QED) is 0.378. The van der Waals surface area contributed by atoms with E-state index < -0.39 is 6.10 Å². The summed E-state index contributed by atoms with van der Waals surface area (Å²) >= 11 is 0. The number of hydrogen-bond acceptors (Lipinski definition) is 7. The maximum absolute atomic E-state index is 13.0. The SMILES string of the molecule is Cc1nnc(-c2cncc(CN(C)C(=O)c3ccc(C[C@@H]4CC[C@H]([C@H](O)c5ccccc5)N4)cc3)c2)o1. The van der Waals surface area contributed by atoms with Crippen molar-refractivity contribution in [2.24, 2.45) is 0 Å². The van der Waals surface area contributed by atoms with Gasteiger partial charge in [-0.3, -0.25) is 9.78 Å². The molecule has 0 aliphatic carbocycles. The Labute approximate surface area is 216 Å². The standard InChI is InChI=1S/C29H31N5O3/c1-19-32-33-28(37-19)24-14-21(16-30-17-24)18-34(2)29(36)23-10-8-20(9-11-23)15-25-12-13-26(31-25)27(35)22-6-4-3-5-7-22/h3-11,14,16-17,25-27,31,35H,12-13,15,18H2,1-2H3/t25-,26+,27+/m0/s1. The third kappa shape index (κ3) is 5.93. The van der Waals surface area contributed by atoms with Crippen LogP contribution in [0, 0.1) is 6.92 Å². The van der Waals surface area contributed by atoms with Gasteiger partial charge in [0.25, 0.3) is 5.91 Å². The minimum Gasteiger partial charge on any atom is -0.421 e. The van der Waals surface area contributed by atoms with Crippen LogP contribution in [0.5, 0.6) is 0 Å². The van der Waals surface area contributed by atoms with Gasteiger partial charge in [0.2, 0.25) is 11.8 Å². The average molecular weight is 498 g/mol. The van der Waals surface area contributed by atoms with Crippen LogP contribution < -0.4 is 5.32 Å². The number of aliphatic hydroxyl groups excluding tert-OH is 1. The highest BCUT2D eigenvalue weighted by molar-refractivity contribution is 5.94. The normalized spacial score (nSPS) is 18.0. The van der Waals surface area contributed by atoms with E-state index in [-0.39, 0.29) is 11.9 Å². The van der Waals surface area contributed by atoms with Crippen LogP contribution in [0.2, 0.25) is 0 Å². The van der Waals surface area contributed by atoms with E-state index in [1.54, 1.807) is 31.3 Å². The lowest BCUT2D eigenvalue weighted by Gasteiger charge is -2.20. The first-order valence-electron chi connectivity index (χ1n) is 12.5. The number of aryl methyl sites for hydroxylation is 1. The Morgan fingerprint density at radius 2 is 1.86 bits per heavy atom. The second-order valence-corrected chi connectivity index (χ2v) is 9.67. The molecule has 4 aromatic rings. The molecule has 3 heterocycles. The zero-order chi connectivity index (χ0) is 25.8. The van der Waals surface area contributed by atoms with Gasteiger partial charge in [0.1, 0.15) is 0 Å². The smallest absolute Gasteiger partial charge is 0.253 e. The number of hydrogen-bond donors (Lipinski definition) is 2. The van der Waals surface area contributed by atoms with E-state index in [2.05, 4.69) is 20.5 Å². The van der Waals surface area contributed by atoms with Gasteiger partial charge in [-0.25, -0.2) is 0 Å². The van der Waals surface area contributed by atoms with Crippen LogP contribution in [-0.2, 0) is 13.0 Å². The van der Waals surface area contributed by atoms with E-state index in [4.69, 9.17) is 4.42 Å². The molecule has 0 unspecified atom stereocenters. The number of pyridine rings is 1. The fourth-order valence-corrected chi connectivity index (χ4v) is 4.88. The molecule has 8 heteroatoms. The average Bonchev–Trinajstić information content (AvgIpc) is 3.58. The fourth-order valence-electron chi connectivity index (χ4n) is 4.88. The summed E-state index contributed by atoms with van der Waals surface area (Å²) in [5, 5.41) is 22.2. The van der Waals surface area contributed by atoms with E-state index in [1.165, 1.54) is 5.56 Å². The number of aliphatic hydroxyl groups is 1. The molecular formula is C29H31N5O3. The van der Waals surface area contributed by atoms with Crippen molar-refractivity contribution in [3.8, 4) is 11.5 Å². The topological polar surface area (TPSA) is 104 Å². The predicted octanol–water partition coefficient (Wildman–Crippen LogP) is 4.11. The number of aromatic nitrogens is 3. The minimum absolute atomic E-state index is 0.0544. The third-order valence-corrected chi connectivity index (χ3v) is 6.82. The van der Waals surface area contributed by atoms with Gasteiger partial charge in [0, 0.05) is 50.6 Å². The van der Waals surface area contributed by atoms with Crippen LogP contribution in [0.1, 0.15) is 51.9 Å². The Bertz CT molecular complexity index is 1340. The van der Waals surface area contributed by atoms with Crippen LogP contribution in [-0.4, -0.2) is 50.2 Å². The zero-order valence-corrected chi connectivity index (χ0v) is 21.0. The molecule has 8 nitrogen and oxygen atoms in total. The number of amides is 1. The molecule has 2 N–H and O–H groups in total. The molecule has 5 rings (SSSR count). The van der Waals surface area contributed by atoms with Crippen LogP contribution >= 0.6 is 0 Å². The molecule has 1 aliphatic rings. The summed E-state index contributed by atoms with van der Waals surface area (Å²) in [7, 11) is 1.78. The second-order valence-electron chi connectivity index (χ2n) is 9.67. The number of rotatable bonds is 8. The molecule has 1 fully saturated rings. The van der Waals surface area contributed by atoms with Crippen LogP contribution in [0.15, 0.2) is 77.5 Å². The van der Waals surface area contributed by atoms with Crippen LogP contribution in [0.25, 0.3) is 11.5 Å². The highest BCUT2D eigenvalue weighted by Gasteiger charge is 2.29. The second kappa shape index (κ2) is 11.0. The van der Waals surface area contributed by atoms with Gasteiger partial charge >= 0.3 is 0 Å². The summed E-state index contributed by atoms with van der Waals surface area (Å²) in [6, 6.07) is 19.9. The number of nitrogens with one attached hydrogen (secondary N) is 1. The van der Waals surface area contributed by atoms with Gasteiger partial charge in [0.05, 0.1) is 11.7 Å². The summed E-state index contributed by atoms with van der Waals surface area (Å²) in [5.74, 6) is 0.842. The Balaban J connectivity index is 1.16. The molecule has 2 aromatic heterocycles. The molecule has 0 spiro atoms. The van der Waals surface area contributed by atoms with Crippen molar-refractivity contribution < 1.29 is 14.3 Å². The molecule has 37 heavy (non-hydrogen) atoms. The highest BCUT2D eigenvalue weighted by atomic mass is 16.4. The van der Waals surface area contributed by atoms with Gasteiger partial charge in [-0.1, -0.05) is 42.5 Å². The van der Waals surface area contributed by atoms with E-state index in [9.17, 15) is 9.90 Å². The van der Waals surface area contributed by atoms with Gasteiger partial charge < -0.3 is 19.7 Å². The molecule has 3 atom stereocenters. The van der Waals surface area contributed by atoms with Gasteiger partial charge in [-0.2, -0.15) is 0 Å². The maximum Gasteiger partial charge on any atom is 0.253 e. The number of carbonyl (C=O) groups excluding carboxylic acids is 1. The lowest BCUT2D eigenvalue weighted by Crippen LogP contribution is -2.35. The van der Waals surface area contributed by atoms with E-state index >= 15 is 0 Å². The molecule has 0 bridgehead atoms. The van der Waals surface area contributed by atoms with Gasteiger partial charge in [0.15, 0.2) is 0 Å². The van der Waals surface area contributed by atoms with Crippen molar-refractivity contribution in [1.29, 1.82) is 0 Å². The first-order chi connectivity index (χ1) is 18.0. The first-order valence-corrected chi connectivity index (χ1v) is 12.5. The largest absolute Gasteiger partial charge is 0.421 e. The van der Waals surface area contributed by atoms with Crippen molar-refractivity contribution >= 4 is 5.91 Å². The van der Waals surface area contributed by atoms with E-state index in [0.717, 1.165) is 36.0 Å². The Kier molecular flexibility index (Phi) is 7.39. The molecule has 0 saturated carbocycles. The van der Waals surface area contributed by atoms with Gasteiger partial charge in [-0.15, -0.1) is 10.2 Å². The monoisotopic (exact) mass is 497 g/mol. The molecule has 1 saturated heterocycles.